The lowest BCUT2D eigenvalue weighted by molar-refractivity contribution is -0.0329. The molecular formula is C16H26N4O2S. The second kappa shape index (κ2) is 7.57. The Morgan fingerprint density at radius 2 is 2.09 bits per heavy atom. The predicted octanol–water partition coefficient (Wildman–Crippen LogP) is 3.52. The molecule has 0 unspecified atom stereocenters. The van der Waals surface area contributed by atoms with Gasteiger partial charge in [0.2, 0.25) is 5.13 Å². The second-order valence-electron chi connectivity index (χ2n) is 6.53. The van der Waals surface area contributed by atoms with Crippen molar-refractivity contribution >= 4 is 22.5 Å². The summed E-state index contributed by atoms with van der Waals surface area (Å²) in [5.41, 5.74) is 0. The van der Waals surface area contributed by atoms with Crippen molar-refractivity contribution < 1.29 is 9.53 Å². The zero-order chi connectivity index (χ0) is 16.2. The van der Waals surface area contributed by atoms with Crippen LogP contribution in [0.15, 0.2) is 0 Å². The standard InChI is InChI=1S/C16H26N4O2S/c1-3-10(4-2)13-9-12(7-8-22-13)17-15(21)18-16-20-19-14(23-16)11-5-6-11/h10-13H,3-9H2,1-2H3,(H2,17,18,20,21)/t12-,13-/m1/s1. The quantitative estimate of drug-likeness (QED) is 0.832. The highest BCUT2D eigenvalue weighted by Gasteiger charge is 2.29. The first-order valence-electron chi connectivity index (χ1n) is 8.72. The van der Waals surface area contributed by atoms with Crippen molar-refractivity contribution in [3.8, 4) is 0 Å². The van der Waals surface area contributed by atoms with Crippen LogP contribution in [-0.2, 0) is 4.74 Å². The average molecular weight is 338 g/mol. The van der Waals surface area contributed by atoms with Gasteiger partial charge in [-0.3, -0.25) is 5.32 Å². The molecule has 2 N–H and O–H groups in total. The van der Waals surface area contributed by atoms with Crippen LogP contribution in [0, 0.1) is 5.92 Å². The molecule has 2 aliphatic rings. The van der Waals surface area contributed by atoms with Crippen LogP contribution in [0.3, 0.4) is 0 Å². The first-order chi connectivity index (χ1) is 11.2. The highest BCUT2D eigenvalue weighted by atomic mass is 32.1. The summed E-state index contributed by atoms with van der Waals surface area (Å²) in [6.45, 7) is 5.12. The van der Waals surface area contributed by atoms with E-state index in [1.54, 1.807) is 0 Å². The number of nitrogens with zero attached hydrogens (tertiary/aromatic N) is 2. The van der Waals surface area contributed by atoms with Gasteiger partial charge in [-0.1, -0.05) is 38.0 Å². The van der Waals surface area contributed by atoms with Gasteiger partial charge in [0.15, 0.2) is 0 Å². The number of rotatable bonds is 6. The van der Waals surface area contributed by atoms with Crippen molar-refractivity contribution in [2.75, 3.05) is 11.9 Å². The molecule has 1 saturated carbocycles. The van der Waals surface area contributed by atoms with Gasteiger partial charge in [-0.15, -0.1) is 10.2 Å². The average Bonchev–Trinajstić information content (AvgIpc) is 3.29. The van der Waals surface area contributed by atoms with Crippen molar-refractivity contribution in [3.63, 3.8) is 0 Å². The molecule has 128 valence electrons. The number of hydrogen-bond donors (Lipinski definition) is 2. The van der Waals surface area contributed by atoms with Crippen LogP contribution in [0.5, 0.6) is 0 Å². The number of ether oxygens (including phenoxy) is 1. The Labute approximate surface area is 141 Å². The predicted molar refractivity (Wildman–Crippen MR) is 90.9 cm³/mol. The molecule has 0 spiro atoms. The smallest absolute Gasteiger partial charge is 0.321 e. The molecule has 1 saturated heterocycles. The van der Waals surface area contributed by atoms with Gasteiger partial charge >= 0.3 is 6.03 Å². The van der Waals surface area contributed by atoms with Crippen molar-refractivity contribution in [1.29, 1.82) is 0 Å². The zero-order valence-electron chi connectivity index (χ0n) is 13.9. The SMILES string of the molecule is CCC(CC)[C@H]1C[C@H](NC(=O)Nc2nnc(C3CC3)s2)CCO1. The van der Waals surface area contributed by atoms with E-state index in [1.807, 2.05) is 0 Å². The number of hydrogen-bond acceptors (Lipinski definition) is 5. The Morgan fingerprint density at radius 3 is 2.78 bits per heavy atom. The highest BCUT2D eigenvalue weighted by Crippen LogP contribution is 2.42. The van der Waals surface area contributed by atoms with Crippen LogP contribution < -0.4 is 10.6 Å². The molecule has 1 aliphatic carbocycles. The Bertz CT molecular complexity index is 528. The summed E-state index contributed by atoms with van der Waals surface area (Å²) in [5, 5.41) is 15.7. The molecule has 2 atom stereocenters. The summed E-state index contributed by atoms with van der Waals surface area (Å²) < 4.78 is 5.90. The second-order valence-corrected chi connectivity index (χ2v) is 7.53. The number of amides is 2. The number of anilines is 1. The molecule has 2 amide bonds. The first-order valence-corrected chi connectivity index (χ1v) is 9.53. The maximum Gasteiger partial charge on any atom is 0.321 e. The Morgan fingerprint density at radius 1 is 1.30 bits per heavy atom. The Kier molecular flexibility index (Phi) is 5.48. The molecular weight excluding hydrogens is 312 g/mol. The van der Waals surface area contributed by atoms with Gasteiger partial charge in [-0.25, -0.2) is 4.79 Å². The third kappa shape index (κ3) is 4.41. The molecule has 7 heteroatoms. The van der Waals surface area contributed by atoms with E-state index in [9.17, 15) is 4.79 Å². The molecule has 3 rings (SSSR count). The first kappa shape index (κ1) is 16.6. The van der Waals surface area contributed by atoms with Gasteiger partial charge in [0.25, 0.3) is 0 Å². The Balaban J connectivity index is 1.48. The maximum absolute atomic E-state index is 12.2. The summed E-state index contributed by atoms with van der Waals surface area (Å²) in [5.74, 6) is 1.15. The molecule has 1 aromatic rings. The molecule has 6 nitrogen and oxygen atoms in total. The van der Waals surface area contributed by atoms with Gasteiger partial charge in [0, 0.05) is 18.6 Å². The summed E-state index contributed by atoms with van der Waals surface area (Å²) in [6, 6.07) is -0.0103. The van der Waals surface area contributed by atoms with Crippen LogP contribution in [0.1, 0.15) is 63.3 Å². The van der Waals surface area contributed by atoms with Crippen molar-refractivity contribution in [2.24, 2.45) is 5.92 Å². The van der Waals surface area contributed by atoms with Crippen LogP contribution >= 0.6 is 11.3 Å². The van der Waals surface area contributed by atoms with E-state index in [4.69, 9.17) is 4.74 Å². The van der Waals surface area contributed by atoms with E-state index in [-0.39, 0.29) is 18.2 Å². The minimum Gasteiger partial charge on any atom is -0.378 e. The molecule has 2 heterocycles. The molecule has 23 heavy (non-hydrogen) atoms. The third-order valence-electron chi connectivity index (χ3n) is 4.81. The van der Waals surface area contributed by atoms with Crippen molar-refractivity contribution in [3.05, 3.63) is 5.01 Å². The minimum absolute atomic E-state index is 0.171. The third-order valence-corrected chi connectivity index (χ3v) is 5.81. The van der Waals surface area contributed by atoms with E-state index < -0.39 is 0 Å². The van der Waals surface area contributed by atoms with Gasteiger partial charge < -0.3 is 10.1 Å². The number of nitrogens with one attached hydrogen (secondary N) is 2. The fourth-order valence-electron chi connectivity index (χ4n) is 3.20. The van der Waals surface area contributed by atoms with Crippen LogP contribution in [0.4, 0.5) is 9.93 Å². The lowest BCUT2D eigenvalue weighted by Gasteiger charge is -2.34. The normalized spacial score (nSPS) is 24.7. The fourth-order valence-corrected chi connectivity index (χ4v) is 4.11. The molecule has 0 radical (unpaired) electrons. The van der Waals surface area contributed by atoms with Gasteiger partial charge in [0.05, 0.1) is 6.10 Å². The highest BCUT2D eigenvalue weighted by molar-refractivity contribution is 7.15. The van der Waals surface area contributed by atoms with Crippen molar-refractivity contribution in [1.82, 2.24) is 15.5 Å². The lowest BCUT2D eigenvalue weighted by Crippen LogP contribution is -2.45. The van der Waals surface area contributed by atoms with Crippen LogP contribution in [0.25, 0.3) is 0 Å². The summed E-state index contributed by atoms with van der Waals surface area (Å²) in [6.07, 6.45) is 6.65. The van der Waals surface area contributed by atoms with E-state index in [0.717, 1.165) is 37.3 Å². The number of carbonyl (C=O) groups excluding carboxylic acids is 1. The lowest BCUT2D eigenvalue weighted by atomic mass is 9.89. The molecule has 0 bridgehead atoms. The minimum atomic E-state index is -0.182. The van der Waals surface area contributed by atoms with E-state index >= 15 is 0 Å². The van der Waals surface area contributed by atoms with Gasteiger partial charge in [0.1, 0.15) is 5.01 Å². The topological polar surface area (TPSA) is 76.1 Å². The van der Waals surface area contributed by atoms with Crippen LogP contribution in [0.2, 0.25) is 0 Å². The summed E-state index contributed by atoms with van der Waals surface area (Å²) in [7, 11) is 0. The zero-order valence-corrected chi connectivity index (χ0v) is 14.7. The van der Waals surface area contributed by atoms with Gasteiger partial charge in [-0.2, -0.15) is 0 Å². The van der Waals surface area contributed by atoms with Crippen LogP contribution in [-0.4, -0.2) is 35.0 Å². The fraction of sp³-hybridized carbons (Fsp3) is 0.812. The molecule has 1 aliphatic heterocycles. The van der Waals surface area contributed by atoms with Crippen molar-refractivity contribution in [2.45, 2.75) is 70.4 Å². The molecule has 1 aromatic heterocycles. The van der Waals surface area contributed by atoms with Gasteiger partial charge in [-0.05, 0) is 31.6 Å². The molecule has 2 fully saturated rings. The van der Waals surface area contributed by atoms with E-state index in [0.29, 0.717) is 17.0 Å². The summed E-state index contributed by atoms with van der Waals surface area (Å²) in [4.78, 5) is 12.2. The summed E-state index contributed by atoms with van der Waals surface area (Å²) >= 11 is 1.49. The molecule has 0 aromatic carbocycles. The maximum atomic E-state index is 12.2. The van der Waals surface area contributed by atoms with E-state index in [2.05, 4.69) is 34.7 Å². The number of urea groups is 1. The number of aromatic nitrogens is 2. The number of carbonyl (C=O) groups is 1. The van der Waals surface area contributed by atoms with E-state index in [1.165, 1.54) is 24.2 Å². The monoisotopic (exact) mass is 338 g/mol. The Hall–Kier alpha value is -1.21. The largest absolute Gasteiger partial charge is 0.378 e.